The molecule has 0 radical (unpaired) electrons. The predicted molar refractivity (Wildman–Crippen MR) is 68.2 cm³/mol. The first kappa shape index (κ1) is 22.2. The molecule has 1 atom stereocenters. The number of rotatable bonds is 6. The molecule has 0 spiro atoms. The van der Waals surface area contributed by atoms with Crippen LogP contribution in [0.5, 0.6) is 0 Å². The lowest BCUT2D eigenvalue weighted by molar-refractivity contribution is -0.139. The monoisotopic (exact) mass is 279 g/mol. The van der Waals surface area contributed by atoms with Crippen LogP contribution in [-0.2, 0) is 14.4 Å². The van der Waals surface area contributed by atoms with E-state index in [1.807, 2.05) is 0 Å². The van der Waals surface area contributed by atoms with E-state index in [-0.39, 0.29) is 0 Å². The van der Waals surface area contributed by atoms with Crippen molar-refractivity contribution in [1.82, 2.24) is 0 Å². The predicted octanol–water partition coefficient (Wildman–Crippen LogP) is -0.661. The van der Waals surface area contributed by atoms with Crippen LogP contribution in [0.2, 0.25) is 0 Å². The number of unbranched alkanes of at least 4 members (excludes halogenated alkanes) is 1. The molecule has 0 saturated heterocycles. The van der Waals surface area contributed by atoms with Gasteiger partial charge in [-0.05, 0) is 19.4 Å². The van der Waals surface area contributed by atoms with Gasteiger partial charge in [0.2, 0.25) is 0 Å². The number of nitrogens with two attached hydrogens (primary N) is 2. The summed E-state index contributed by atoms with van der Waals surface area (Å²) in [6.45, 7) is 1.69. The number of carboxylic acids is 3. The molecule has 19 heavy (non-hydrogen) atoms. The van der Waals surface area contributed by atoms with Crippen molar-refractivity contribution in [2.75, 3.05) is 6.54 Å². The molecule has 1 unspecified atom stereocenters. The van der Waals surface area contributed by atoms with Gasteiger partial charge in [0, 0.05) is 6.92 Å². The minimum Gasteiger partial charge on any atom is -0.481 e. The van der Waals surface area contributed by atoms with Gasteiger partial charge in [0.15, 0.2) is 0 Å². The summed E-state index contributed by atoms with van der Waals surface area (Å²) in [5.41, 5.74) is 10.4. The highest BCUT2D eigenvalue weighted by molar-refractivity contribution is 6.20. The Morgan fingerprint density at radius 1 is 1.21 bits per heavy atom. The molecule has 0 saturated carbocycles. The highest BCUT2D eigenvalue weighted by Crippen LogP contribution is 1.96. The van der Waals surface area contributed by atoms with Crippen LogP contribution in [-0.4, -0.2) is 52.0 Å². The van der Waals surface area contributed by atoms with Crippen molar-refractivity contribution < 1.29 is 29.7 Å². The Balaban J connectivity index is -0.000000238. The lowest BCUT2D eigenvalue weighted by atomic mass is 10.1. The third-order valence-corrected chi connectivity index (χ3v) is 1.41. The molecule has 0 rings (SSSR count). The average Bonchev–Trinajstić information content (AvgIpc) is 2.29. The van der Waals surface area contributed by atoms with Crippen LogP contribution >= 0.6 is 0 Å². The lowest BCUT2D eigenvalue weighted by Gasteiger charge is -2.03. The van der Waals surface area contributed by atoms with Crippen molar-refractivity contribution in [3.63, 3.8) is 0 Å². The summed E-state index contributed by atoms with van der Waals surface area (Å²) in [5, 5.41) is 29.2. The summed E-state index contributed by atoms with van der Waals surface area (Å²) in [5.74, 6) is -2.97. The first-order valence-corrected chi connectivity index (χ1v) is 5.30. The Kier molecular flexibility index (Phi) is 18.7. The Hall–Kier alpha value is -2.00. The maximum atomic E-state index is 10.1. The van der Waals surface area contributed by atoms with Crippen LogP contribution in [0.4, 0.5) is 0 Å². The standard InChI is InChI=1S/C6H14N2O2.C2H3NO2.C2H4O2/c7-4-2-1-3-5(8)6(9)10;3-1-2(4)5;1-2(3)4/h5H,1-4,7-8H2,(H,9,10);1,3H,(H,4,5);1H3,(H,3,4). The molecule has 0 aromatic carbocycles. The topological polar surface area (TPSA) is 188 Å². The minimum absolute atomic E-state index is 0.333. The van der Waals surface area contributed by atoms with Crippen molar-refractivity contribution >= 4 is 24.1 Å². The van der Waals surface area contributed by atoms with Crippen molar-refractivity contribution in [3.05, 3.63) is 0 Å². The van der Waals surface area contributed by atoms with E-state index in [2.05, 4.69) is 0 Å². The van der Waals surface area contributed by atoms with E-state index in [4.69, 9.17) is 41.8 Å². The zero-order chi connectivity index (χ0) is 15.8. The van der Waals surface area contributed by atoms with E-state index < -0.39 is 23.9 Å². The number of hydrogen-bond acceptors (Lipinski definition) is 6. The molecule has 9 nitrogen and oxygen atoms in total. The zero-order valence-corrected chi connectivity index (χ0v) is 10.7. The zero-order valence-electron chi connectivity index (χ0n) is 10.7. The average molecular weight is 279 g/mol. The van der Waals surface area contributed by atoms with Gasteiger partial charge in [0.1, 0.15) is 12.3 Å². The van der Waals surface area contributed by atoms with Crippen LogP contribution in [0.1, 0.15) is 26.2 Å². The Morgan fingerprint density at radius 3 is 1.79 bits per heavy atom. The van der Waals surface area contributed by atoms with E-state index in [1.54, 1.807) is 0 Å². The van der Waals surface area contributed by atoms with Crippen LogP contribution in [0.15, 0.2) is 0 Å². The fourth-order valence-electron chi connectivity index (χ4n) is 0.632. The molecule has 9 heteroatoms. The number of nitrogens with one attached hydrogen (secondary N) is 1. The van der Waals surface area contributed by atoms with Gasteiger partial charge in [0.25, 0.3) is 5.97 Å². The molecule has 8 N–H and O–H groups in total. The summed E-state index contributed by atoms with van der Waals surface area (Å²) in [6.07, 6.45) is 2.50. The quantitative estimate of drug-likeness (QED) is 0.273. The maximum absolute atomic E-state index is 10.1. The summed E-state index contributed by atoms with van der Waals surface area (Å²) in [6, 6.07) is -0.716. The molecule has 0 heterocycles. The van der Waals surface area contributed by atoms with Crippen molar-refractivity contribution in [3.8, 4) is 0 Å². The molecule has 0 fully saturated rings. The van der Waals surface area contributed by atoms with Crippen molar-refractivity contribution in [2.45, 2.75) is 32.2 Å². The van der Waals surface area contributed by atoms with Gasteiger partial charge >= 0.3 is 11.9 Å². The lowest BCUT2D eigenvalue weighted by Crippen LogP contribution is -2.29. The highest BCUT2D eigenvalue weighted by atomic mass is 16.4. The second-order valence-corrected chi connectivity index (χ2v) is 3.23. The fraction of sp³-hybridized carbons (Fsp3) is 0.600. The highest BCUT2D eigenvalue weighted by Gasteiger charge is 2.09. The van der Waals surface area contributed by atoms with Gasteiger partial charge in [-0.15, -0.1) is 0 Å². The van der Waals surface area contributed by atoms with Gasteiger partial charge in [-0.3, -0.25) is 9.59 Å². The van der Waals surface area contributed by atoms with Crippen LogP contribution in [0, 0.1) is 5.41 Å². The van der Waals surface area contributed by atoms with E-state index in [1.165, 1.54) is 0 Å². The number of aliphatic carboxylic acids is 3. The molecule has 0 bridgehead atoms. The van der Waals surface area contributed by atoms with E-state index >= 15 is 0 Å². The second kappa shape index (κ2) is 16.0. The molecular formula is C10H21N3O6. The summed E-state index contributed by atoms with van der Waals surface area (Å²) in [7, 11) is 0. The molecular weight excluding hydrogens is 258 g/mol. The first-order valence-electron chi connectivity index (χ1n) is 5.30. The van der Waals surface area contributed by atoms with Gasteiger partial charge in [0.05, 0.1) is 0 Å². The van der Waals surface area contributed by atoms with Crippen LogP contribution in [0.25, 0.3) is 0 Å². The van der Waals surface area contributed by atoms with Crippen molar-refractivity contribution in [1.29, 1.82) is 5.41 Å². The number of carboxylic acid groups (broad SMARTS) is 3. The minimum atomic E-state index is -1.20. The molecule has 0 aromatic rings. The summed E-state index contributed by atoms with van der Waals surface area (Å²) >= 11 is 0. The first-order chi connectivity index (χ1) is 8.68. The third-order valence-electron chi connectivity index (χ3n) is 1.41. The maximum Gasteiger partial charge on any atom is 0.346 e. The normalized spacial score (nSPS) is 9.84. The molecule has 112 valence electrons. The van der Waals surface area contributed by atoms with Crippen molar-refractivity contribution in [2.24, 2.45) is 11.5 Å². The van der Waals surface area contributed by atoms with E-state index in [9.17, 15) is 4.79 Å². The van der Waals surface area contributed by atoms with Gasteiger partial charge in [-0.25, -0.2) is 4.79 Å². The van der Waals surface area contributed by atoms with Crippen LogP contribution in [0.3, 0.4) is 0 Å². The summed E-state index contributed by atoms with van der Waals surface area (Å²) in [4.78, 5) is 28.3. The fourth-order valence-corrected chi connectivity index (χ4v) is 0.632. The van der Waals surface area contributed by atoms with E-state index in [0.717, 1.165) is 19.8 Å². The summed E-state index contributed by atoms with van der Waals surface area (Å²) < 4.78 is 0. The molecule has 0 amide bonds. The molecule has 0 aliphatic heterocycles. The SMILES string of the molecule is CC(=O)O.N=CC(=O)O.NCCCCC(N)C(=O)O. The van der Waals surface area contributed by atoms with Crippen LogP contribution < -0.4 is 11.5 Å². The molecule has 0 aliphatic rings. The third kappa shape index (κ3) is 38.7. The Bertz CT molecular complexity index is 278. The van der Waals surface area contributed by atoms with Gasteiger partial charge in [-0.1, -0.05) is 6.42 Å². The van der Waals surface area contributed by atoms with Gasteiger partial charge in [-0.2, -0.15) is 0 Å². The second-order valence-electron chi connectivity index (χ2n) is 3.23. The van der Waals surface area contributed by atoms with E-state index in [0.29, 0.717) is 19.2 Å². The Morgan fingerprint density at radius 2 is 1.58 bits per heavy atom. The Labute approximate surface area is 110 Å². The molecule has 0 aliphatic carbocycles. The molecule has 0 aromatic heterocycles. The number of hydrogen-bond donors (Lipinski definition) is 6. The number of carbonyl (C=O) groups is 3. The van der Waals surface area contributed by atoms with Gasteiger partial charge < -0.3 is 32.2 Å². The smallest absolute Gasteiger partial charge is 0.346 e. The largest absolute Gasteiger partial charge is 0.481 e.